The van der Waals surface area contributed by atoms with Crippen LogP contribution >= 0.6 is 12.4 Å². The van der Waals surface area contributed by atoms with Gasteiger partial charge in [0.05, 0.1) is 11.4 Å². The van der Waals surface area contributed by atoms with Crippen LogP contribution in [0.15, 0.2) is 47.0 Å². The molecule has 1 aromatic carbocycles. The summed E-state index contributed by atoms with van der Waals surface area (Å²) in [7, 11) is 0. The molecular weight excluding hydrogens is 342 g/mol. The van der Waals surface area contributed by atoms with Crippen LogP contribution in [0.1, 0.15) is 11.6 Å². The smallest absolute Gasteiger partial charge is 0.316 e. The van der Waals surface area contributed by atoms with Crippen molar-refractivity contribution < 1.29 is 9.21 Å². The molecule has 7 nitrogen and oxygen atoms in total. The molecule has 0 spiro atoms. The number of oxazole rings is 1. The molecule has 0 saturated heterocycles. The Hall–Kier alpha value is -3.06. The van der Waals surface area contributed by atoms with E-state index in [-0.39, 0.29) is 12.4 Å². The standard InChI is InChI=1S/C17H15N5O2.ClH/c1-10-20-12-5-4-11(9-15(12)24-10)22-8-6-13(21-17(18)23)16-14(22)3-2-7-19-16;/h2-7,9H,8H2,1H3,(H3,18,21,23);1H. The number of primary amides is 1. The second kappa shape index (κ2) is 6.45. The van der Waals surface area contributed by atoms with Crippen molar-refractivity contribution in [3.8, 4) is 0 Å². The molecule has 0 saturated carbocycles. The van der Waals surface area contributed by atoms with Gasteiger partial charge in [0.1, 0.15) is 11.2 Å². The van der Waals surface area contributed by atoms with E-state index in [1.165, 1.54) is 0 Å². The molecule has 3 aromatic rings. The summed E-state index contributed by atoms with van der Waals surface area (Å²) in [6, 6.07) is 9.07. The fourth-order valence-corrected chi connectivity index (χ4v) is 2.88. The van der Waals surface area contributed by atoms with Crippen molar-refractivity contribution in [3.05, 3.63) is 54.2 Å². The number of halogens is 1. The zero-order chi connectivity index (χ0) is 16.7. The zero-order valence-corrected chi connectivity index (χ0v) is 14.2. The van der Waals surface area contributed by atoms with Gasteiger partial charge in [-0.25, -0.2) is 9.78 Å². The molecule has 3 N–H and O–H groups in total. The number of carbonyl (C=O) groups is 1. The SMILES string of the molecule is Cc1nc2ccc(N3CC=C(NC(N)=O)c4ncccc43)cc2o1.Cl. The second-order valence-electron chi connectivity index (χ2n) is 5.47. The first-order chi connectivity index (χ1) is 11.6. The Morgan fingerprint density at radius 3 is 3.00 bits per heavy atom. The first-order valence-electron chi connectivity index (χ1n) is 7.48. The van der Waals surface area contributed by atoms with E-state index in [1.807, 2.05) is 43.3 Å². The first-order valence-corrected chi connectivity index (χ1v) is 7.48. The van der Waals surface area contributed by atoms with Crippen LogP contribution in [0.4, 0.5) is 16.2 Å². The Balaban J connectivity index is 0.00000182. The number of hydrogen-bond donors (Lipinski definition) is 2. The van der Waals surface area contributed by atoms with E-state index >= 15 is 0 Å². The van der Waals surface area contributed by atoms with E-state index in [2.05, 4.69) is 20.2 Å². The van der Waals surface area contributed by atoms with Crippen LogP contribution in [0.5, 0.6) is 0 Å². The fraction of sp³-hybridized carbons (Fsp3) is 0.118. The number of aromatic nitrogens is 2. The van der Waals surface area contributed by atoms with Crippen molar-refractivity contribution in [3.63, 3.8) is 0 Å². The minimum atomic E-state index is -0.607. The highest BCUT2D eigenvalue weighted by atomic mass is 35.5. The Morgan fingerprint density at radius 1 is 1.36 bits per heavy atom. The summed E-state index contributed by atoms with van der Waals surface area (Å²) in [5.74, 6) is 0.635. The molecule has 2 amide bonds. The highest BCUT2D eigenvalue weighted by Crippen LogP contribution is 2.35. The number of nitrogens with one attached hydrogen (secondary N) is 1. The lowest BCUT2D eigenvalue weighted by Crippen LogP contribution is -2.32. The second-order valence-corrected chi connectivity index (χ2v) is 5.47. The summed E-state index contributed by atoms with van der Waals surface area (Å²) >= 11 is 0. The molecule has 1 aliphatic rings. The maximum Gasteiger partial charge on any atom is 0.316 e. The number of anilines is 2. The number of pyridine rings is 1. The Morgan fingerprint density at radius 2 is 2.20 bits per heavy atom. The van der Waals surface area contributed by atoms with Crippen LogP contribution in [-0.4, -0.2) is 22.5 Å². The van der Waals surface area contributed by atoms with Gasteiger partial charge in [0.25, 0.3) is 0 Å². The third kappa shape index (κ3) is 3.01. The molecule has 4 rings (SSSR count). The van der Waals surface area contributed by atoms with Gasteiger partial charge in [-0.2, -0.15) is 0 Å². The third-order valence-electron chi connectivity index (χ3n) is 3.86. The number of fused-ring (bicyclic) bond motifs is 2. The molecule has 0 aliphatic carbocycles. The van der Waals surface area contributed by atoms with Gasteiger partial charge >= 0.3 is 6.03 Å². The zero-order valence-electron chi connectivity index (χ0n) is 13.4. The lowest BCUT2D eigenvalue weighted by Gasteiger charge is -2.29. The molecule has 1 aliphatic heterocycles. The lowest BCUT2D eigenvalue weighted by atomic mass is 10.1. The van der Waals surface area contributed by atoms with Gasteiger partial charge in [-0.15, -0.1) is 12.4 Å². The largest absolute Gasteiger partial charge is 0.441 e. The van der Waals surface area contributed by atoms with Crippen LogP contribution in [0.3, 0.4) is 0 Å². The van der Waals surface area contributed by atoms with Crippen LogP contribution in [0.2, 0.25) is 0 Å². The van der Waals surface area contributed by atoms with Gasteiger partial charge in [-0.3, -0.25) is 4.98 Å². The predicted octanol–water partition coefficient (Wildman–Crippen LogP) is 3.11. The minimum absolute atomic E-state index is 0. The van der Waals surface area contributed by atoms with Gasteiger partial charge in [-0.05, 0) is 30.3 Å². The maximum atomic E-state index is 11.2. The van der Waals surface area contributed by atoms with E-state index in [4.69, 9.17) is 10.2 Å². The first kappa shape index (κ1) is 16.8. The number of nitrogens with zero attached hydrogens (tertiary/aromatic N) is 3. The average Bonchev–Trinajstić information content (AvgIpc) is 2.94. The maximum absolute atomic E-state index is 11.2. The van der Waals surface area contributed by atoms with Gasteiger partial charge in [0.15, 0.2) is 11.5 Å². The number of benzene rings is 1. The number of nitrogens with two attached hydrogens (primary N) is 1. The van der Waals surface area contributed by atoms with Crippen molar-refractivity contribution in [1.82, 2.24) is 15.3 Å². The van der Waals surface area contributed by atoms with Crippen LogP contribution in [0.25, 0.3) is 16.8 Å². The van der Waals surface area contributed by atoms with Crippen molar-refractivity contribution >= 4 is 46.6 Å². The van der Waals surface area contributed by atoms with E-state index in [1.54, 1.807) is 6.20 Å². The van der Waals surface area contributed by atoms with E-state index in [9.17, 15) is 4.79 Å². The van der Waals surface area contributed by atoms with E-state index in [0.717, 1.165) is 22.5 Å². The molecule has 0 unspecified atom stereocenters. The summed E-state index contributed by atoms with van der Waals surface area (Å²) in [5.41, 5.74) is 9.94. The van der Waals surface area contributed by atoms with Crippen molar-refractivity contribution in [2.45, 2.75) is 6.92 Å². The summed E-state index contributed by atoms with van der Waals surface area (Å²) < 4.78 is 5.62. The normalized spacial score (nSPS) is 13.0. The van der Waals surface area contributed by atoms with Crippen molar-refractivity contribution in [2.24, 2.45) is 5.73 Å². The molecule has 128 valence electrons. The number of hydrogen-bond acceptors (Lipinski definition) is 5. The molecule has 3 heterocycles. The quantitative estimate of drug-likeness (QED) is 0.734. The van der Waals surface area contributed by atoms with E-state index < -0.39 is 6.03 Å². The molecule has 0 bridgehead atoms. The average molecular weight is 358 g/mol. The molecule has 0 atom stereocenters. The highest BCUT2D eigenvalue weighted by Gasteiger charge is 2.22. The van der Waals surface area contributed by atoms with Gasteiger partial charge < -0.3 is 20.4 Å². The summed E-state index contributed by atoms with van der Waals surface area (Å²) in [6.45, 7) is 2.40. The number of carbonyl (C=O) groups excluding carboxylic acids is 1. The molecule has 2 aromatic heterocycles. The monoisotopic (exact) mass is 357 g/mol. The van der Waals surface area contributed by atoms with Crippen LogP contribution in [-0.2, 0) is 0 Å². The minimum Gasteiger partial charge on any atom is -0.441 e. The molecule has 25 heavy (non-hydrogen) atoms. The number of urea groups is 1. The van der Waals surface area contributed by atoms with Crippen molar-refractivity contribution in [2.75, 3.05) is 11.4 Å². The summed E-state index contributed by atoms with van der Waals surface area (Å²) in [5, 5.41) is 2.63. The van der Waals surface area contributed by atoms with E-state index in [0.29, 0.717) is 23.8 Å². The van der Waals surface area contributed by atoms with Crippen molar-refractivity contribution in [1.29, 1.82) is 0 Å². The number of rotatable bonds is 2. The number of amides is 2. The third-order valence-corrected chi connectivity index (χ3v) is 3.86. The Kier molecular flexibility index (Phi) is 4.33. The Labute approximate surface area is 149 Å². The predicted molar refractivity (Wildman–Crippen MR) is 97.9 cm³/mol. The topological polar surface area (TPSA) is 97.3 Å². The molecule has 0 radical (unpaired) electrons. The molecule has 8 heteroatoms. The fourth-order valence-electron chi connectivity index (χ4n) is 2.88. The summed E-state index contributed by atoms with van der Waals surface area (Å²) in [4.78, 5) is 22.0. The van der Waals surface area contributed by atoms with Gasteiger partial charge in [0.2, 0.25) is 0 Å². The lowest BCUT2D eigenvalue weighted by molar-refractivity contribution is 0.252. The van der Waals surface area contributed by atoms with Gasteiger partial charge in [-0.1, -0.05) is 0 Å². The highest BCUT2D eigenvalue weighted by molar-refractivity contribution is 5.90. The molecule has 0 fully saturated rings. The van der Waals surface area contributed by atoms with Crippen LogP contribution in [0, 0.1) is 6.92 Å². The van der Waals surface area contributed by atoms with Crippen LogP contribution < -0.4 is 16.0 Å². The summed E-state index contributed by atoms with van der Waals surface area (Å²) in [6.07, 6.45) is 3.57. The number of aryl methyl sites for hydroxylation is 1. The molecular formula is C17H16ClN5O2. The Bertz CT molecular complexity index is 982. The van der Waals surface area contributed by atoms with Gasteiger partial charge in [0, 0.05) is 31.4 Å².